The van der Waals surface area contributed by atoms with Crippen molar-refractivity contribution in [2.45, 2.75) is 13.5 Å². The van der Waals surface area contributed by atoms with Crippen molar-refractivity contribution < 1.29 is 29.3 Å². The Morgan fingerprint density at radius 2 is 1.83 bits per heavy atom. The van der Waals surface area contributed by atoms with Gasteiger partial charge in [-0.3, -0.25) is 0 Å². The lowest BCUT2D eigenvalue weighted by atomic mass is 10.1. The number of carbonyl (C=O) groups is 2. The zero-order valence-electron chi connectivity index (χ0n) is 16.4. The number of nitrogens with zero attached hydrogens (tertiary/aromatic N) is 1. The number of hydrogen-bond acceptors (Lipinski definition) is 6. The zero-order valence-corrected chi connectivity index (χ0v) is 17.1. The third-order valence-electron chi connectivity index (χ3n) is 3.37. The maximum Gasteiger partial charge on any atom is 0.328 e. The predicted octanol–water partition coefficient (Wildman–Crippen LogP) is 3.83. The van der Waals surface area contributed by atoms with Crippen LogP contribution in [0.4, 0.5) is 0 Å². The number of halogens is 1. The van der Waals surface area contributed by atoms with E-state index in [0.717, 1.165) is 5.56 Å². The molecule has 2 rings (SSSR count). The van der Waals surface area contributed by atoms with E-state index in [9.17, 15) is 14.9 Å². The summed E-state index contributed by atoms with van der Waals surface area (Å²) in [5, 5.41) is 28.4. The molecule has 158 valence electrons. The zero-order chi connectivity index (χ0) is 22.5. The molecule has 0 aromatic heterocycles. The molecule has 0 atom stereocenters. The van der Waals surface area contributed by atoms with Gasteiger partial charge in [0.15, 0.2) is 11.5 Å². The standard InChI is InChI=1S/C17H17ClN2O2.C4H4O4/c1-3-21-17-13(11-20-2)5-4-6-15(17)22-16-9-14(18)8-7-12(16)10-19;5-3(6)1-2-4(7)8/h4-9,20H,3,11H2,1-2H3;1-2H,(H,5,6)(H,7,8)/b;2-1+. The minimum atomic E-state index is -1.26. The summed E-state index contributed by atoms with van der Waals surface area (Å²) < 4.78 is 11.6. The second kappa shape index (κ2) is 12.8. The molecule has 0 aliphatic rings. The molecular weight excluding hydrogens is 412 g/mol. The Morgan fingerprint density at radius 1 is 1.17 bits per heavy atom. The number of rotatable bonds is 8. The molecule has 0 bridgehead atoms. The molecule has 0 radical (unpaired) electrons. The van der Waals surface area contributed by atoms with E-state index < -0.39 is 11.9 Å². The summed E-state index contributed by atoms with van der Waals surface area (Å²) in [6, 6.07) is 12.7. The molecule has 0 aliphatic heterocycles. The van der Waals surface area contributed by atoms with Gasteiger partial charge in [-0.05, 0) is 32.2 Å². The van der Waals surface area contributed by atoms with Crippen LogP contribution < -0.4 is 14.8 Å². The molecular formula is C21H21ClN2O6. The average molecular weight is 433 g/mol. The van der Waals surface area contributed by atoms with Crippen LogP contribution in [0.15, 0.2) is 48.6 Å². The number of benzene rings is 2. The van der Waals surface area contributed by atoms with Gasteiger partial charge in [0, 0.05) is 35.3 Å². The SMILES string of the molecule is CCOc1c(CNC)cccc1Oc1cc(Cl)ccc1C#N.O=C(O)/C=C/C(=O)O. The summed E-state index contributed by atoms with van der Waals surface area (Å²) in [5.41, 5.74) is 1.41. The lowest BCUT2D eigenvalue weighted by molar-refractivity contribution is -0.134. The number of aliphatic carboxylic acids is 2. The summed E-state index contributed by atoms with van der Waals surface area (Å²) >= 11 is 5.99. The van der Waals surface area contributed by atoms with Crippen LogP contribution in [0.3, 0.4) is 0 Å². The molecule has 30 heavy (non-hydrogen) atoms. The van der Waals surface area contributed by atoms with E-state index in [1.165, 1.54) is 0 Å². The van der Waals surface area contributed by atoms with Crippen LogP contribution in [0.1, 0.15) is 18.1 Å². The fourth-order valence-electron chi connectivity index (χ4n) is 2.21. The van der Waals surface area contributed by atoms with Gasteiger partial charge >= 0.3 is 11.9 Å². The second-order valence-corrected chi connectivity index (χ2v) is 6.01. The summed E-state index contributed by atoms with van der Waals surface area (Å²) in [6.45, 7) is 3.10. The molecule has 0 amide bonds. The van der Waals surface area contributed by atoms with Crippen LogP contribution in [0.25, 0.3) is 0 Å². The Kier molecular flexibility index (Phi) is 10.5. The first-order valence-electron chi connectivity index (χ1n) is 8.73. The largest absolute Gasteiger partial charge is 0.490 e. The van der Waals surface area contributed by atoms with Gasteiger partial charge in [0.25, 0.3) is 0 Å². The van der Waals surface area contributed by atoms with E-state index in [1.54, 1.807) is 18.2 Å². The van der Waals surface area contributed by atoms with Gasteiger partial charge in [-0.1, -0.05) is 23.7 Å². The molecule has 0 fully saturated rings. The number of carboxylic acids is 2. The third kappa shape index (κ3) is 8.22. The lowest BCUT2D eigenvalue weighted by Gasteiger charge is -2.16. The minimum Gasteiger partial charge on any atom is -0.490 e. The molecule has 0 saturated carbocycles. The predicted molar refractivity (Wildman–Crippen MR) is 111 cm³/mol. The Hall–Kier alpha value is -3.54. The summed E-state index contributed by atoms with van der Waals surface area (Å²) in [4.78, 5) is 19.1. The van der Waals surface area contributed by atoms with Crippen molar-refractivity contribution >= 4 is 23.5 Å². The summed E-state index contributed by atoms with van der Waals surface area (Å²) in [5.74, 6) is -0.867. The van der Waals surface area contributed by atoms with Crippen molar-refractivity contribution in [1.29, 1.82) is 5.26 Å². The molecule has 3 N–H and O–H groups in total. The van der Waals surface area contributed by atoms with Crippen LogP contribution >= 0.6 is 11.6 Å². The van der Waals surface area contributed by atoms with E-state index >= 15 is 0 Å². The van der Waals surface area contributed by atoms with Crippen LogP contribution in [0, 0.1) is 11.3 Å². The van der Waals surface area contributed by atoms with Gasteiger partial charge in [-0.25, -0.2) is 9.59 Å². The van der Waals surface area contributed by atoms with E-state index in [2.05, 4.69) is 11.4 Å². The number of hydrogen-bond donors (Lipinski definition) is 3. The van der Waals surface area contributed by atoms with Crippen LogP contribution in [-0.4, -0.2) is 35.8 Å². The van der Waals surface area contributed by atoms with Crippen molar-refractivity contribution in [3.05, 3.63) is 64.7 Å². The maximum absolute atomic E-state index is 9.55. The monoisotopic (exact) mass is 432 g/mol. The van der Waals surface area contributed by atoms with Gasteiger partial charge < -0.3 is 25.0 Å². The lowest BCUT2D eigenvalue weighted by Crippen LogP contribution is -2.08. The highest BCUT2D eigenvalue weighted by Crippen LogP contribution is 2.36. The smallest absolute Gasteiger partial charge is 0.328 e. The average Bonchev–Trinajstić information content (AvgIpc) is 2.70. The van der Waals surface area contributed by atoms with Crippen LogP contribution in [0.5, 0.6) is 17.2 Å². The van der Waals surface area contributed by atoms with Crippen molar-refractivity contribution in [2.75, 3.05) is 13.7 Å². The molecule has 2 aromatic rings. The fourth-order valence-corrected chi connectivity index (χ4v) is 2.38. The number of nitriles is 1. The van der Waals surface area contributed by atoms with E-state index in [1.807, 2.05) is 32.2 Å². The Morgan fingerprint density at radius 3 is 2.37 bits per heavy atom. The normalized spacial score (nSPS) is 9.93. The number of nitrogens with one attached hydrogen (secondary N) is 1. The Labute approximate surface area is 178 Å². The van der Waals surface area contributed by atoms with Crippen LogP contribution in [0.2, 0.25) is 5.02 Å². The van der Waals surface area contributed by atoms with Gasteiger partial charge in [-0.15, -0.1) is 0 Å². The molecule has 9 heteroatoms. The highest BCUT2D eigenvalue weighted by Gasteiger charge is 2.13. The van der Waals surface area contributed by atoms with Gasteiger partial charge in [-0.2, -0.15) is 5.26 Å². The fraction of sp³-hybridized carbons (Fsp3) is 0.190. The maximum atomic E-state index is 9.55. The highest BCUT2D eigenvalue weighted by molar-refractivity contribution is 6.30. The number of para-hydroxylation sites is 1. The Balaban J connectivity index is 0.000000479. The first kappa shape index (κ1) is 24.5. The van der Waals surface area contributed by atoms with E-state index in [-0.39, 0.29) is 0 Å². The molecule has 8 nitrogen and oxygen atoms in total. The first-order valence-corrected chi connectivity index (χ1v) is 9.10. The topological polar surface area (TPSA) is 129 Å². The van der Waals surface area contributed by atoms with E-state index in [0.29, 0.717) is 53.1 Å². The molecule has 0 saturated heterocycles. The quantitative estimate of drug-likeness (QED) is 0.536. The van der Waals surface area contributed by atoms with Gasteiger partial charge in [0.05, 0.1) is 12.2 Å². The highest BCUT2D eigenvalue weighted by atomic mass is 35.5. The number of ether oxygens (including phenoxy) is 2. The summed E-state index contributed by atoms with van der Waals surface area (Å²) in [7, 11) is 1.87. The molecule has 0 aliphatic carbocycles. The summed E-state index contributed by atoms with van der Waals surface area (Å²) in [6.07, 6.45) is 1.12. The van der Waals surface area contributed by atoms with Crippen LogP contribution in [-0.2, 0) is 16.1 Å². The third-order valence-corrected chi connectivity index (χ3v) is 3.60. The Bertz CT molecular complexity index is 937. The van der Waals surface area contributed by atoms with Gasteiger partial charge in [0.2, 0.25) is 0 Å². The molecule has 0 unspecified atom stereocenters. The van der Waals surface area contributed by atoms with Crippen molar-refractivity contribution in [3.8, 4) is 23.3 Å². The molecule has 2 aromatic carbocycles. The molecule has 0 spiro atoms. The number of carboxylic acid groups (broad SMARTS) is 2. The molecule has 0 heterocycles. The van der Waals surface area contributed by atoms with Crippen molar-refractivity contribution in [2.24, 2.45) is 0 Å². The first-order chi connectivity index (χ1) is 14.3. The van der Waals surface area contributed by atoms with Crippen molar-refractivity contribution in [1.82, 2.24) is 5.32 Å². The van der Waals surface area contributed by atoms with Crippen molar-refractivity contribution in [3.63, 3.8) is 0 Å². The minimum absolute atomic E-state index is 0.414. The van der Waals surface area contributed by atoms with Gasteiger partial charge in [0.1, 0.15) is 11.8 Å². The second-order valence-electron chi connectivity index (χ2n) is 5.57. The van der Waals surface area contributed by atoms with E-state index in [4.69, 9.17) is 31.3 Å².